The van der Waals surface area contributed by atoms with Gasteiger partial charge in [0.1, 0.15) is 17.0 Å². The van der Waals surface area contributed by atoms with Crippen molar-refractivity contribution in [1.29, 1.82) is 0 Å². The number of hydrogen-bond acceptors (Lipinski definition) is 5. The van der Waals surface area contributed by atoms with Crippen molar-refractivity contribution in [3.8, 4) is 5.69 Å². The van der Waals surface area contributed by atoms with Crippen LogP contribution in [0.25, 0.3) is 16.6 Å². The summed E-state index contributed by atoms with van der Waals surface area (Å²) in [4.78, 5) is 45.3. The van der Waals surface area contributed by atoms with Crippen LogP contribution in [0.15, 0.2) is 47.8 Å². The highest BCUT2D eigenvalue weighted by Crippen LogP contribution is 2.33. The minimum absolute atomic E-state index is 0.193. The lowest BCUT2D eigenvalue weighted by Gasteiger charge is -2.29. The van der Waals surface area contributed by atoms with E-state index in [9.17, 15) is 14.4 Å². The van der Waals surface area contributed by atoms with Crippen LogP contribution >= 0.6 is 23.2 Å². The van der Waals surface area contributed by atoms with Gasteiger partial charge in [0.15, 0.2) is 0 Å². The normalized spacial score (nSPS) is 13.8. The molecule has 0 spiro atoms. The zero-order valence-electron chi connectivity index (χ0n) is 20.8. The molecule has 192 valence electrons. The van der Waals surface area contributed by atoms with E-state index in [0.29, 0.717) is 51.0 Å². The summed E-state index contributed by atoms with van der Waals surface area (Å²) in [5.41, 5.74) is 1.68. The number of carbonyl (C=O) groups is 2. The van der Waals surface area contributed by atoms with Gasteiger partial charge in [0.2, 0.25) is 0 Å². The second kappa shape index (κ2) is 9.08. The van der Waals surface area contributed by atoms with Gasteiger partial charge < -0.3 is 18.8 Å². The molecular weight excluding hydrogens is 517 g/mol. The van der Waals surface area contributed by atoms with Gasteiger partial charge in [-0.2, -0.15) is 0 Å². The first-order chi connectivity index (χ1) is 17.4. The second-order valence-corrected chi connectivity index (χ2v) is 10.8. The van der Waals surface area contributed by atoms with E-state index < -0.39 is 11.7 Å². The van der Waals surface area contributed by atoms with E-state index in [-0.39, 0.29) is 18.0 Å². The lowest BCUT2D eigenvalue weighted by atomic mass is 10.1. The van der Waals surface area contributed by atoms with Crippen molar-refractivity contribution in [2.45, 2.75) is 46.4 Å². The molecule has 0 atom stereocenters. The third-order valence-electron chi connectivity index (χ3n) is 6.10. The number of benzene rings is 1. The molecule has 0 aliphatic carbocycles. The molecule has 0 fully saturated rings. The van der Waals surface area contributed by atoms with E-state index >= 15 is 0 Å². The molecular formula is C26H25Cl2N5O4. The number of ether oxygens (including phenoxy) is 1. The topological polar surface area (TPSA) is 91.4 Å². The van der Waals surface area contributed by atoms with Gasteiger partial charge in [-0.25, -0.2) is 9.78 Å². The Morgan fingerprint density at radius 3 is 2.54 bits per heavy atom. The SMILES string of the molecule is Cc1cn(-c2ccc3n(c2=O)CCN(Cc2cn(C(=O)OC(C)(C)C)c4c(Cl)cc(Cl)cc24)C3=O)cn1. The number of aryl methyl sites for hydroxylation is 1. The van der Waals surface area contributed by atoms with Gasteiger partial charge in [-0.3, -0.25) is 14.2 Å². The number of rotatable bonds is 3. The van der Waals surface area contributed by atoms with Crippen molar-refractivity contribution >= 4 is 46.1 Å². The molecule has 1 aliphatic rings. The van der Waals surface area contributed by atoms with Crippen molar-refractivity contribution in [3.63, 3.8) is 0 Å². The Labute approximate surface area is 222 Å². The third kappa shape index (κ3) is 4.65. The Hall–Kier alpha value is -3.56. The number of halogens is 2. The van der Waals surface area contributed by atoms with E-state index in [1.807, 2.05) is 6.92 Å². The Kier molecular flexibility index (Phi) is 6.16. The predicted octanol–water partition coefficient (Wildman–Crippen LogP) is 5.04. The molecule has 0 saturated carbocycles. The second-order valence-electron chi connectivity index (χ2n) is 10.00. The summed E-state index contributed by atoms with van der Waals surface area (Å²) in [6.07, 6.45) is 4.38. The molecule has 37 heavy (non-hydrogen) atoms. The maximum Gasteiger partial charge on any atom is 0.419 e. The van der Waals surface area contributed by atoms with Gasteiger partial charge in [-0.1, -0.05) is 23.2 Å². The standard InChI is InChI=1S/C26H25Cl2N5O4/c1-15-11-31(14-29-15)20-5-6-21-23(34)30(7-8-32(21)24(20)35)12-16-13-33(25(36)37-26(2,3)4)22-18(16)9-17(27)10-19(22)28/h5-6,9-11,13-14H,7-8,12H2,1-4H3. The van der Waals surface area contributed by atoms with Gasteiger partial charge in [0.05, 0.1) is 22.6 Å². The zero-order valence-corrected chi connectivity index (χ0v) is 22.3. The van der Waals surface area contributed by atoms with Crippen LogP contribution in [-0.2, 0) is 17.8 Å². The van der Waals surface area contributed by atoms with Crippen molar-refractivity contribution in [2.24, 2.45) is 0 Å². The number of imidazole rings is 1. The van der Waals surface area contributed by atoms with Gasteiger partial charge in [-0.15, -0.1) is 0 Å². The van der Waals surface area contributed by atoms with Crippen LogP contribution in [0, 0.1) is 6.92 Å². The highest BCUT2D eigenvalue weighted by molar-refractivity contribution is 6.38. The van der Waals surface area contributed by atoms with Crippen LogP contribution < -0.4 is 5.56 Å². The molecule has 1 aromatic carbocycles. The molecule has 1 amide bonds. The first-order valence-corrected chi connectivity index (χ1v) is 12.4. The van der Waals surface area contributed by atoms with Gasteiger partial charge in [0, 0.05) is 42.4 Å². The quantitative estimate of drug-likeness (QED) is 0.362. The van der Waals surface area contributed by atoms with Crippen LogP contribution in [0.1, 0.15) is 42.5 Å². The summed E-state index contributed by atoms with van der Waals surface area (Å²) in [5.74, 6) is -0.289. The molecule has 5 rings (SSSR count). The molecule has 1 aliphatic heterocycles. The number of pyridine rings is 1. The fourth-order valence-electron chi connectivity index (χ4n) is 4.49. The van der Waals surface area contributed by atoms with Gasteiger partial charge in [-0.05, 0) is 57.5 Å². The molecule has 0 bridgehead atoms. The Morgan fingerprint density at radius 2 is 1.86 bits per heavy atom. The molecule has 0 saturated heterocycles. The van der Waals surface area contributed by atoms with Crippen LogP contribution in [0.2, 0.25) is 10.0 Å². The van der Waals surface area contributed by atoms with E-state index in [1.54, 1.807) is 73.2 Å². The van der Waals surface area contributed by atoms with Crippen molar-refractivity contribution in [1.82, 2.24) is 23.6 Å². The predicted molar refractivity (Wildman–Crippen MR) is 141 cm³/mol. The van der Waals surface area contributed by atoms with Crippen molar-refractivity contribution in [3.05, 3.63) is 80.3 Å². The van der Waals surface area contributed by atoms with E-state index in [4.69, 9.17) is 27.9 Å². The number of amides is 1. The Bertz CT molecular complexity index is 1630. The van der Waals surface area contributed by atoms with Crippen LogP contribution in [0.5, 0.6) is 0 Å². The summed E-state index contributed by atoms with van der Waals surface area (Å²) in [6, 6.07) is 6.55. The van der Waals surface area contributed by atoms with E-state index in [1.165, 1.54) is 9.13 Å². The average Bonchev–Trinajstić information content (AvgIpc) is 3.39. The summed E-state index contributed by atoms with van der Waals surface area (Å²) in [7, 11) is 0. The molecule has 3 aromatic heterocycles. The first-order valence-electron chi connectivity index (χ1n) is 11.7. The lowest BCUT2D eigenvalue weighted by molar-refractivity contribution is 0.0544. The number of hydrogen-bond donors (Lipinski definition) is 0. The summed E-state index contributed by atoms with van der Waals surface area (Å²) >= 11 is 12.8. The molecule has 4 heterocycles. The zero-order chi connectivity index (χ0) is 26.6. The fourth-order valence-corrected chi connectivity index (χ4v) is 5.08. The highest BCUT2D eigenvalue weighted by Gasteiger charge is 2.29. The molecule has 0 N–H and O–H groups in total. The molecule has 4 aromatic rings. The molecule has 11 heteroatoms. The number of nitrogens with zero attached hydrogens (tertiary/aromatic N) is 5. The number of fused-ring (bicyclic) bond motifs is 2. The number of carbonyl (C=O) groups excluding carboxylic acids is 2. The lowest BCUT2D eigenvalue weighted by Crippen LogP contribution is -2.44. The van der Waals surface area contributed by atoms with Gasteiger partial charge in [0.25, 0.3) is 11.5 Å². The van der Waals surface area contributed by atoms with Crippen LogP contribution in [0.3, 0.4) is 0 Å². The first kappa shape index (κ1) is 25.1. The minimum atomic E-state index is -0.708. The molecule has 0 unspecified atom stereocenters. The van der Waals surface area contributed by atoms with E-state index in [0.717, 1.165) is 5.69 Å². The molecule has 0 radical (unpaired) electrons. The largest absolute Gasteiger partial charge is 0.443 e. The Balaban J connectivity index is 1.50. The summed E-state index contributed by atoms with van der Waals surface area (Å²) in [5, 5.41) is 1.35. The van der Waals surface area contributed by atoms with Crippen LogP contribution in [0.4, 0.5) is 4.79 Å². The maximum atomic E-state index is 13.4. The van der Waals surface area contributed by atoms with Gasteiger partial charge >= 0.3 is 6.09 Å². The van der Waals surface area contributed by atoms with Crippen LogP contribution in [-0.4, -0.2) is 47.7 Å². The molecule has 9 nitrogen and oxygen atoms in total. The minimum Gasteiger partial charge on any atom is -0.443 e. The Morgan fingerprint density at radius 1 is 1.11 bits per heavy atom. The van der Waals surface area contributed by atoms with Crippen molar-refractivity contribution in [2.75, 3.05) is 6.54 Å². The highest BCUT2D eigenvalue weighted by atomic mass is 35.5. The third-order valence-corrected chi connectivity index (χ3v) is 6.60. The summed E-state index contributed by atoms with van der Waals surface area (Å²) in [6.45, 7) is 8.01. The fraction of sp³-hybridized carbons (Fsp3) is 0.308. The van der Waals surface area contributed by atoms with E-state index in [2.05, 4.69) is 4.98 Å². The number of aromatic nitrogens is 4. The maximum absolute atomic E-state index is 13.4. The smallest absolute Gasteiger partial charge is 0.419 e. The summed E-state index contributed by atoms with van der Waals surface area (Å²) < 4.78 is 10.0. The van der Waals surface area contributed by atoms with Crippen molar-refractivity contribution < 1.29 is 14.3 Å². The average molecular weight is 542 g/mol. The monoisotopic (exact) mass is 541 g/mol.